The second-order valence-corrected chi connectivity index (χ2v) is 6.19. The van der Waals surface area contributed by atoms with Crippen molar-refractivity contribution in [2.24, 2.45) is 7.05 Å². The summed E-state index contributed by atoms with van der Waals surface area (Å²) >= 11 is 6.07. The summed E-state index contributed by atoms with van der Waals surface area (Å²) in [5, 5.41) is 7.47. The van der Waals surface area contributed by atoms with Crippen LogP contribution in [0.4, 0.5) is 5.69 Å². The first kappa shape index (κ1) is 19.1. The smallest absolute Gasteiger partial charge is 0.238 e. The number of benzene rings is 1. The number of aromatic nitrogens is 2. The summed E-state index contributed by atoms with van der Waals surface area (Å²) in [6.07, 6.45) is 1.82. The first-order valence-electron chi connectivity index (χ1n) is 7.73. The molecule has 25 heavy (non-hydrogen) atoms. The number of hydrogen-bond donors (Lipinski definition) is 1. The number of likely N-dealkylation sites (N-methyl/N-ethyl adjacent to an activating group) is 1. The number of amides is 1. The molecule has 1 amide bonds. The Balaban J connectivity index is 2.03. The van der Waals surface area contributed by atoms with Gasteiger partial charge < -0.3 is 14.8 Å². The molecule has 1 aromatic carbocycles. The number of carbonyl (C=O) groups excluding carboxylic acids is 1. The van der Waals surface area contributed by atoms with E-state index in [1.807, 2.05) is 36.8 Å². The zero-order chi connectivity index (χ0) is 18.6. The summed E-state index contributed by atoms with van der Waals surface area (Å²) < 4.78 is 12.3. The monoisotopic (exact) mass is 366 g/mol. The zero-order valence-corrected chi connectivity index (χ0v) is 15.8. The molecule has 0 atom stereocenters. The highest BCUT2D eigenvalue weighted by molar-refractivity contribution is 6.32. The van der Waals surface area contributed by atoms with Gasteiger partial charge in [-0.15, -0.1) is 0 Å². The highest BCUT2D eigenvalue weighted by Gasteiger charge is 2.15. The lowest BCUT2D eigenvalue weighted by atomic mass is 10.2. The fraction of sp³-hybridized carbons (Fsp3) is 0.412. The first-order chi connectivity index (χ1) is 11.8. The van der Waals surface area contributed by atoms with E-state index in [-0.39, 0.29) is 12.5 Å². The van der Waals surface area contributed by atoms with E-state index in [0.29, 0.717) is 28.8 Å². The van der Waals surface area contributed by atoms with Crippen LogP contribution in [0.15, 0.2) is 18.3 Å². The molecule has 0 unspecified atom stereocenters. The number of aryl methyl sites for hydroxylation is 1. The van der Waals surface area contributed by atoms with Crippen LogP contribution in [0.2, 0.25) is 5.02 Å². The quantitative estimate of drug-likeness (QED) is 0.815. The highest BCUT2D eigenvalue weighted by atomic mass is 35.5. The summed E-state index contributed by atoms with van der Waals surface area (Å²) in [6.45, 7) is 2.86. The number of anilines is 1. The van der Waals surface area contributed by atoms with Crippen LogP contribution in [-0.4, -0.2) is 48.4 Å². The molecule has 0 saturated heterocycles. The lowest BCUT2D eigenvalue weighted by Gasteiger charge is -2.17. The molecule has 0 fully saturated rings. The number of ether oxygens (including phenoxy) is 2. The van der Waals surface area contributed by atoms with E-state index in [1.54, 1.807) is 12.1 Å². The van der Waals surface area contributed by atoms with Gasteiger partial charge in [-0.2, -0.15) is 5.10 Å². The van der Waals surface area contributed by atoms with Crippen LogP contribution in [0.25, 0.3) is 0 Å². The van der Waals surface area contributed by atoms with Crippen molar-refractivity contribution in [3.63, 3.8) is 0 Å². The number of rotatable bonds is 7. The maximum atomic E-state index is 12.4. The van der Waals surface area contributed by atoms with Crippen molar-refractivity contribution in [3.05, 3.63) is 34.6 Å². The molecule has 0 spiro atoms. The van der Waals surface area contributed by atoms with Gasteiger partial charge >= 0.3 is 0 Å². The lowest BCUT2D eigenvalue weighted by Crippen LogP contribution is -2.30. The van der Waals surface area contributed by atoms with Gasteiger partial charge in [0.15, 0.2) is 0 Å². The molecule has 0 radical (unpaired) electrons. The summed E-state index contributed by atoms with van der Waals surface area (Å²) in [6, 6.07) is 3.25. The molecule has 2 aromatic rings. The van der Waals surface area contributed by atoms with E-state index in [1.165, 1.54) is 14.2 Å². The topological polar surface area (TPSA) is 68.6 Å². The van der Waals surface area contributed by atoms with E-state index < -0.39 is 0 Å². The van der Waals surface area contributed by atoms with Crippen molar-refractivity contribution in [1.29, 1.82) is 0 Å². The van der Waals surface area contributed by atoms with E-state index in [4.69, 9.17) is 21.1 Å². The molecule has 1 heterocycles. The minimum absolute atomic E-state index is 0.160. The predicted molar refractivity (Wildman–Crippen MR) is 97.5 cm³/mol. The Labute approximate surface area is 152 Å². The maximum Gasteiger partial charge on any atom is 0.238 e. The largest absolute Gasteiger partial charge is 0.495 e. The molecule has 1 N–H and O–H groups in total. The molecule has 0 aliphatic carbocycles. The van der Waals surface area contributed by atoms with Crippen LogP contribution in [-0.2, 0) is 18.4 Å². The average molecular weight is 367 g/mol. The second-order valence-electron chi connectivity index (χ2n) is 5.79. The van der Waals surface area contributed by atoms with Gasteiger partial charge in [-0.1, -0.05) is 11.6 Å². The normalized spacial score (nSPS) is 10.8. The molecule has 7 nitrogen and oxygen atoms in total. The van der Waals surface area contributed by atoms with Crippen molar-refractivity contribution in [1.82, 2.24) is 14.7 Å². The van der Waals surface area contributed by atoms with Crippen molar-refractivity contribution in [2.75, 3.05) is 33.1 Å². The first-order valence-corrected chi connectivity index (χ1v) is 8.10. The minimum atomic E-state index is -0.160. The molecule has 8 heteroatoms. The van der Waals surface area contributed by atoms with Crippen molar-refractivity contribution >= 4 is 23.2 Å². The van der Waals surface area contributed by atoms with Crippen LogP contribution >= 0.6 is 11.6 Å². The fourth-order valence-electron chi connectivity index (χ4n) is 2.44. The van der Waals surface area contributed by atoms with Crippen LogP contribution in [0.1, 0.15) is 11.3 Å². The summed E-state index contributed by atoms with van der Waals surface area (Å²) in [4.78, 5) is 14.3. The third-order valence-corrected chi connectivity index (χ3v) is 4.23. The molecule has 0 saturated carbocycles. The number of methoxy groups -OCH3 is 2. The number of nitrogens with one attached hydrogen (secondary N) is 1. The van der Waals surface area contributed by atoms with Crippen LogP contribution < -0.4 is 14.8 Å². The van der Waals surface area contributed by atoms with Gasteiger partial charge in [0.25, 0.3) is 0 Å². The Morgan fingerprint density at radius 2 is 2.00 bits per heavy atom. The van der Waals surface area contributed by atoms with Gasteiger partial charge in [0.1, 0.15) is 11.5 Å². The van der Waals surface area contributed by atoms with E-state index in [9.17, 15) is 4.79 Å². The Kier molecular flexibility index (Phi) is 6.27. The number of hydrogen-bond acceptors (Lipinski definition) is 5. The van der Waals surface area contributed by atoms with Crippen molar-refractivity contribution < 1.29 is 14.3 Å². The fourth-order valence-corrected chi connectivity index (χ4v) is 2.67. The molecular weight excluding hydrogens is 344 g/mol. The minimum Gasteiger partial charge on any atom is -0.495 e. The highest BCUT2D eigenvalue weighted by Crippen LogP contribution is 2.35. The zero-order valence-electron chi connectivity index (χ0n) is 15.1. The van der Waals surface area contributed by atoms with Crippen molar-refractivity contribution in [2.45, 2.75) is 13.5 Å². The van der Waals surface area contributed by atoms with Gasteiger partial charge in [-0.25, -0.2) is 0 Å². The second kappa shape index (κ2) is 8.22. The average Bonchev–Trinajstić information content (AvgIpc) is 2.87. The van der Waals surface area contributed by atoms with Crippen LogP contribution in [0.3, 0.4) is 0 Å². The Morgan fingerprint density at radius 1 is 1.32 bits per heavy atom. The van der Waals surface area contributed by atoms with E-state index >= 15 is 0 Å². The molecule has 2 rings (SSSR count). The Bertz CT molecular complexity index is 761. The van der Waals surface area contributed by atoms with Crippen molar-refractivity contribution in [3.8, 4) is 11.5 Å². The molecular formula is C17H23ClN4O3. The lowest BCUT2D eigenvalue weighted by molar-refractivity contribution is -0.117. The molecule has 0 aliphatic heterocycles. The third-order valence-electron chi connectivity index (χ3n) is 3.94. The van der Waals surface area contributed by atoms with Gasteiger partial charge in [0.2, 0.25) is 5.91 Å². The summed E-state index contributed by atoms with van der Waals surface area (Å²) in [5.74, 6) is 0.786. The van der Waals surface area contributed by atoms with Gasteiger partial charge in [-0.05, 0) is 14.0 Å². The maximum absolute atomic E-state index is 12.4. The van der Waals surface area contributed by atoms with Crippen LogP contribution in [0, 0.1) is 6.92 Å². The van der Waals surface area contributed by atoms with Crippen LogP contribution in [0.5, 0.6) is 11.5 Å². The van der Waals surface area contributed by atoms with Gasteiger partial charge in [0.05, 0.1) is 37.7 Å². The van der Waals surface area contributed by atoms with E-state index in [2.05, 4.69) is 10.4 Å². The third kappa shape index (κ3) is 4.64. The molecule has 0 aliphatic rings. The number of carbonyl (C=O) groups is 1. The number of halogens is 1. The summed E-state index contributed by atoms with van der Waals surface area (Å²) in [7, 11) is 6.81. The Hall–Kier alpha value is -2.25. The van der Waals surface area contributed by atoms with Gasteiger partial charge in [0, 0.05) is 37.0 Å². The predicted octanol–water partition coefficient (Wildman–Crippen LogP) is 2.47. The molecule has 0 bridgehead atoms. The van der Waals surface area contributed by atoms with Gasteiger partial charge in [-0.3, -0.25) is 14.4 Å². The summed E-state index contributed by atoms with van der Waals surface area (Å²) in [5.41, 5.74) is 2.68. The SMILES string of the molecule is COc1cc(NC(=O)CN(C)Cc2cnn(C)c2C)c(OC)cc1Cl. The van der Waals surface area contributed by atoms with E-state index in [0.717, 1.165) is 11.3 Å². The Morgan fingerprint density at radius 3 is 2.56 bits per heavy atom. The molecule has 136 valence electrons. The molecule has 1 aromatic heterocycles. The standard InChI is InChI=1S/C17H23ClN4O3/c1-11-12(8-19-22(11)3)9-21(2)10-17(23)20-14-7-15(24-4)13(18)6-16(14)25-5/h6-8H,9-10H2,1-5H3,(H,20,23). The number of nitrogens with zero attached hydrogens (tertiary/aromatic N) is 3.